The third kappa shape index (κ3) is 46.3. The van der Waals surface area contributed by atoms with Gasteiger partial charge in [-0.25, -0.2) is 0 Å². The van der Waals surface area contributed by atoms with Gasteiger partial charge in [-0.3, -0.25) is 9.36 Å². The second-order valence-electron chi connectivity index (χ2n) is 16.0. The molecular formula is C50H86NO7P. The fourth-order valence-electron chi connectivity index (χ4n) is 5.59. The molecule has 0 aliphatic heterocycles. The van der Waals surface area contributed by atoms with Gasteiger partial charge in [0, 0.05) is 13.0 Å². The first kappa shape index (κ1) is 56.4. The van der Waals surface area contributed by atoms with E-state index in [1.807, 2.05) is 21.1 Å². The molecule has 0 aliphatic carbocycles. The van der Waals surface area contributed by atoms with Crippen molar-refractivity contribution in [3.05, 3.63) is 97.2 Å². The van der Waals surface area contributed by atoms with Crippen molar-refractivity contribution in [3.63, 3.8) is 0 Å². The van der Waals surface area contributed by atoms with Crippen LogP contribution in [0.5, 0.6) is 0 Å². The lowest BCUT2D eigenvalue weighted by atomic mass is 10.1. The molecule has 0 aromatic rings. The molecule has 2 unspecified atom stereocenters. The summed E-state index contributed by atoms with van der Waals surface area (Å²) in [5, 5.41) is 0. The van der Waals surface area contributed by atoms with Crippen LogP contribution in [0.4, 0.5) is 0 Å². The van der Waals surface area contributed by atoms with Crippen molar-refractivity contribution < 1.29 is 37.3 Å². The van der Waals surface area contributed by atoms with Crippen molar-refractivity contribution in [1.29, 1.82) is 0 Å². The third-order valence-corrected chi connectivity index (χ3v) is 10.1. The number of phosphoric ester groups is 1. The van der Waals surface area contributed by atoms with E-state index in [-0.39, 0.29) is 26.2 Å². The first-order chi connectivity index (χ1) is 28.6. The van der Waals surface area contributed by atoms with Crippen molar-refractivity contribution in [3.8, 4) is 0 Å². The Balaban J connectivity index is 4.34. The average molecular weight is 844 g/mol. The van der Waals surface area contributed by atoms with E-state index in [9.17, 15) is 14.3 Å². The van der Waals surface area contributed by atoms with Crippen LogP contribution in [0, 0.1) is 0 Å². The average Bonchev–Trinajstić information content (AvgIpc) is 3.19. The summed E-state index contributed by atoms with van der Waals surface area (Å²) in [6.07, 6.45) is 57.2. The standard InChI is InChI=1S/C50H86NO7P/c1-6-8-10-12-14-16-18-20-22-24-25-26-28-30-32-34-36-38-40-42-45-55-47-49(48-57-59(53,54)56-46-44-51(3,4)5)58-50(52)43-41-39-37-35-33-31-29-27-23-21-19-17-15-13-11-9-7-2/h9,11,14-17,20-23,25-26,29,31,35,37,49H,6-8,10,12-13,18-19,24,27-28,30,32-34,36,38-48H2,1-5H3/b11-9-,16-14-,17-15-,22-20-,23-21-,26-25-,31-29-,37-35-. The van der Waals surface area contributed by atoms with Crippen LogP contribution >= 0.6 is 7.82 Å². The van der Waals surface area contributed by atoms with E-state index in [0.717, 1.165) is 77.0 Å². The topological polar surface area (TPSA) is 94.1 Å². The van der Waals surface area contributed by atoms with Gasteiger partial charge in [0.1, 0.15) is 19.3 Å². The summed E-state index contributed by atoms with van der Waals surface area (Å²) in [4.78, 5) is 25.1. The zero-order valence-corrected chi connectivity index (χ0v) is 39.1. The molecule has 0 heterocycles. The summed E-state index contributed by atoms with van der Waals surface area (Å²) < 4.78 is 34.5. The third-order valence-electron chi connectivity index (χ3n) is 9.12. The van der Waals surface area contributed by atoms with Gasteiger partial charge >= 0.3 is 5.97 Å². The summed E-state index contributed by atoms with van der Waals surface area (Å²) >= 11 is 0. The van der Waals surface area contributed by atoms with E-state index in [4.69, 9.17) is 18.5 Å². The van der Waals surface area contributed by atoms with Crippen molar-refractivity contribution in [1.82, 2.24) is 0 Å². The normalized spacial score (nSPS) is 14.6. The molecule has 0 N–H and O–H groups in total. The maximum absolute atomic E-state index is 12.7. The van der Waals surface area contributed by atoms with Crippen LogP contribution < -0.4 is 4.89 Å². The Labute approximate surface area is 362 Å². The van der Waals surface area contributed by atoms with Gasteiger partial charge in [-0.05, 0) is 89.9 Å². The quantitative estimate of drug-likeness (QED) is 0.0199. The van der Waals surface area contributed by atoms with Gasteiger partial charge in [0.15, 0.2) is 0 Å². The Kier molecular flexibility index (Phi) is 40.3. The minimum atomic E-state index is -4.55. The van der Waals surface area contributed by atoms with Crippen LogP contribution in [0.1, 0.15) is 155 Å². The predicted molar refractivity (Wildman–Crippen MR) is 249 cm³/mol. The Hall–Kier alpha value is -2.58. The number of hydrogen-bond donors (Lipinski definition) is 0. The summed E-state index contributed by atoms with van der Waals surface area (Å²) in [6.45, 7) is 5.14. The van der Waals surface area contributed by atoms with Gasteiger partial charge in [0.25, 0.3) is 7.82 Å². The van der Waals surface area contributed by atoms with Gasteiger partial charge < -0.3 is 27.9 Å². The smallest absolute Gasteiger partial charge is 0.306 e. The summed E-state index contributed by atoms with van der Waals surface area (Å²) in [5.41, 5.74) is 0. The molecule has 0 bridgehead atoms. The maximum atomic E-state index is 12.7. The molecule has 0 aromatic carbocycles. The minimum Gasteiger partial charge on any atom is -0.756 e. The number of phosphoric acid groups is 1. The number of unbranched alkanes of at least 4 members (excludes halogenated alkanes) is 11. The molecule has 59 heavy (non-hydrogen) atoms. The number of rotatable bonds is 41. The molecule has 2 atom stereocenters. The summed E-state index contributed by atoms with van der Waals surface area (Å²) in [7, 11) is 1.30. The van der Waals surface area contributed by atoms with Crippen LogP contribution in [0.15, 0.2) is 97.2 Å². The lowest BCUT2D eigenvalue weighted by molar-refractivity contribution is -0.870. The molecule has 0 amide bonds. The second kappa shape index (κ2) is 42.1. The largest absolute Gasteiger partial charge is 0.756 e. The van der Waals surface area contributed by atoms with E-state index in [0.29, 0.717) is 24.1 Å². The number of carbonyl (C=O) groups excluding carboxylic acids is 1. The monoisotopic (exact) mass is 844 g/mol. The highest BCUT2D eigenvalue weighted by Gasteiger charge is 2.20. The Morgan fingerprint density at radius 1 is 0.542 bits per heavy atom. The SMILES string of the molecule is CC/C=C\C/C=C\C/C=C\C/C=C\C/C=C\CCCC(=O)OC(COCCCCCCCCC/C=C\C/C=C\C/C=C\CCCCC)COP(=O)([O-])OCC[N+](C)(C)C. The minimum absolute atomic E-state index is 0.00759. The molecule has 0 fully saturated rings. The Bertz CT molecular complexity index is 1260. The number of esters is 1. The zero-order chi connectivity index (χ0) is 43.4. The van der Waals surface area contributed by atoms with Crippen LogP contribution in [-0.2, 0) is 27.9 Å². The van der Waals surface area contributed by atoms with Gasteiger partial charge in [-0.15, -0.1) is 0 Å². The highest BCUT2D eigenvalue weighted by molar-refractivity contribution is 7.45. The van der Waals surface area contributed by atoms with E-state index in [1.165, 1.54) is 51.4 Å². The first-order valence-corrected chi connectivity index (χ1v) is 24.4. The molecule has 0 saturated carbocycles. The molecule has 0 spiro atoms. The molecule has 8 nitrogen and oxygen atoms in total. The lowest BCUT2D eigenvalue weighted by Crippen LogP contribution is -2.37. The number of hydrogen-bond acceptors (Lipinski definition) is 7. The highest BCUT2D eigenvalue weighted by atomic mass is 31.2. The van der Waals surface area contributed by atoms with Crippen molar-refractivity contribution >= 4 is 13.8 Å². The molecule has 338 valence electrons. The van der Waals surface area contributed by atoms with Crippen molar-refractivity contribution in [2.24, 2.45) is 0 Å². The Morgan fingerprint density at radius 2 is 0.983 bits per heavy atom. The van der Waals surface area contributed by atoms with E-state index < -0.39 is 19.9 Å². The summed E-state index contributed by atoms with van der Waals surface area (Å²) in [6, 6.07) is 0. The van der Waals surface area contributed by atoms with Crippen LogP contribution in [0.3, 0.4) is 0 Å². The van der Waals surface area contributed by atoms with Gasteiger partial charge in [-0.2, -0.15) is 0 Å². The van der Waals surface area contributed by atoms with E-state index in [1.54, 1.807) is 0 Å². The fourth-order valence-corrected chi connectivity index (χ4v) is 6.32. The van der Waals surface area contributed by atoms with Crippen molar-refractivity contribution in [2.45, 2.75) is 161 Å². The molecule has 0 radical (unpaired) electrons. The molecule has 0 rings (SSSR count). The number of ether oxygens (including phenoxy) is 2. The van der Waals surface area contributed by atoms with E-state index >= 15 is 0 Å². The molecule has 9 heteroatoms. The van der Waals surface area contributed by atoms with Crippen LogP contribution in [-0.4, -0.2) is 70.7 Å². The van der Waals surface area contributed by atoms with Crippen LogP contribution in [0.25, 0.3) is 0 Å². The zero-order valence-electron chi connectivity index (χ0n) is 38.2. The number of allylic oxidation sites excluding steroid dienone is 16. The molecular weight excluding hydrogens is 758 g/mol. The van der Waals surface area contributed by atoms with Gasteiger partial charge in [-0.1, -0.05) is 156 Å². The van der Waals surface area contributed by atoms with E-state index in [2.05, 4.69) is 111 Å². The van der Waals surface area contributed by atoms with Crippen LogP contribution in [0.2, 0.25) is 0 Å². The number of nitrogens with zero attached hydrogens (tertiary/aromatic N) is 1. The molecule has 0 saturated heterocycles. The fraction of sp³-hybridized carbons (Fsp3) is 0.660. The number of quaternary nitrogens is 1. The van der Waals surface area contributed by atoms with Crippen molar-refractivity contribution in [2.75, 3.05) is 54.1 Å². The number of likely N-dealkylation sites (N-methyl/N-ethyl adjacent to an activating group) is 1. The molecule has 0 aliphatic rings. The van der Waals surface area contributed by atoms with Gasteiger partial charge in [0.2, 0.25) is 0 Å². The Morgan fingerprint density at radius 3 is 1.47 bits per heavy atom. The maximum Gasteiger partial charge on any atom is 0.306 e. The van der Waals surface area contributed by atoms with Gasteiger partial charge in [0.05, 0.1) is 34.4 Å². The summed E-state index contributed by atoms with van der Waals surface area (Å²) in [5.74, 6) is -0.398. The number of carbonyl (C=O) groups is 1. The molecule has 0 aromatic heterocycles. The lowest BCUT2D eigenvalue weighted by Gasteiger charge is -2.28. The predicted octanol–water partition coefficient (Wildman–Crippen LogP) is 13.2. The first-order valence-electron chi connectivity index (χ1n) is 23.0. The highest BCUT2D eigenvalue weighted by Crippen LogP contribution is 2.38. The second-order valence-corrected chi connectivity index (χ2v) is 17.4.